The van der Waals surface area contributed by atoms with Gasteiger partial charge in [-0.15, -0.1) is 11.3 Å². The number of carbonyl (C=O) groups excluding carboxylic acids is 2. The van der Waals surface area contributed by atoms with Crippen molar-refractivity contribution >= 4 is 29.1 Å². The first-order valence-electron chi connectivity index (χ1n) is 5.94. The van der Waals surface area contributed by atoms with E-state index in [9.17, 15) is 9.59 Å². The van der Waals surface area contributed by atoms with Gasteiger partial charge in [0, 0.05) is 25.2 Å². The van der Waals surface area contributed by atoms with Crippen molar-refractivity contribution < 1.29 is 14.3 Å². The van der Waals surface area contributed by atoms with Crippen molar-refractivity contribution in [2.45, 2.75) is 0 Å². The van der Waals surface area contributed by atoms with Crippen molar-refractivity contribution in [1.29, 1.82) is 0 Å². The second-order valence-electron chi connectivity index (χ2n) is 4.30. The Morgan fingerprint density at radius 2 is 2.05 bits per heavy atom. The number of aromatic nitrogens is 1. The van der Waals surface area contributed by atoms with Gasteiger partial charge < -0.3 is 9.64 Å². The van der Waals surface area contributed by atoms with Crippen molar-refractivity contribution in [2.75, 3.05) is 25.6 Å². The molecular weight excluding hydrogens is 276 g/mol. The van der Waals surface area contributed by atoms with Gasteiger partial charge in [0.05, 0.1) is 0 Å². The van der Waals surface area contributed by atoms with E-state index in [0.29, 0.717) is 12.0 Å². The van der Waals surface area contributed by atoms with Crippen LogP contribution in [0.15, 0.2) is 29.6 Å². The Balaban J connectivity index is 1.94. The maximum Gasteiger partial charge on any atom is 0.228 e. The van der Waals surface area contributed by atoms with Crippen molar-refractivity contribution in [3.8, 4) is 5.75 Å². The molecular formula is C14H14N2O3S. The fourth-order valence-electron chi connectivity index (χ4n) is 1.52. The lowest BCUT2D eigenvalue weighted by molar-refractivity contribution is 0.0921. The molecule has 0 saturated carbocycles. The van der Waals surface area contributed by atoms with E-state index in [-0.39, 0.29) is 23.1 Å². The molecule has 0 atom stereocenters. The summed E-state index contributed by atoms with van der Waals surface area (Å²) in [6, 6.07) is 7.43. The molecule has 1 aromatic carbocycles. The number of nitrogens with zero attached hydrogens (tertiary/aromatic N) is 2. The minimum atomic E-state index is -0.236. The number of thiazole rings is 1. The Morgan fingerprint density at radius 3 is 2.60 bits per heavy atom. The van der Waals surface area contributed by atoms with Gasteiger partial charge in [0.1, 0.15) is 11.4 Å². The van der Waals surface area contributed by atoms with Gasteiger partial charge in [-0.2, -0.15) is 0 Å². The molecule has 0 spiro atoms. The number of hydrogen-bond donors (Lipinski definition) is 0. The van der Waals surface area contributed by atoms with Crippen LogP contribution >= 0.6 is 11.3 Å². The van der Waals surface area contributed by atoms with Gasteiger partial charge in [-0.25, -0.2) is 4.98 Å². The van der Waals surface area contributed by atoms with Gasteiger partial charge in [0.2, 0.25) is 5.78 Å². The molecule has 5 nitrogen and oxygen atoms in total. The van der Waals surface area contributed by atoms with E-state index in [1.807, 2.05) is 31.1 Å². The summed E-state index contributed by atoms with van der Waals surface area (Å²) in [6.07, 6.45) is 0.619. The number of hydrogen-bond acceptors (Lipinski definition) is 6. The van der Waals surface area contributed by atoms with Crippen LogP contribution in [0.4, 0.5) is 5.69 Å². The molecule has 0 amide bonds. The van der Waals surface area contributed by atoms with Crippen molar-refractivity contribution in [3.05, 3.63) is 40.3 Å². The van der Waals surface area contributed by atoms with E-state index in [4.69, 9.17) is 4.74 Å². The number of aldehydes is 1. The minimum absolute atomic E-state index is 0.0902. The number of benzene rings is 1. The van der Waals surface area contributed by atoms with Crippen molar-refractivity contribution in [2.24, 2.45) is 0 Å². The molecule has 2 aromatic rings. The molecule has 0 bridgehead atoms. The standard InChI is InChI=1S/C14H14N2O3S/c1-16(2)11-3-5-12(6-4-11)19-8-13(18)14-15-10(7-17)9-20-14/h3-7,9H,8H2,1-2H3. The molecule has 104 valence electrons. The fraction of sp³-hybridized carbons (Fsp3) is 0.214. The molecule has 20 heavy (non-hydrogen) atoms. The van der Waals surface area contributed by atoms with Crippen LogP contribution in [0.1, 0.15) is 20.3 Å². The van der Waals surface area contributed by atoms with Crippen LogP contribution in [-0.2, 0) is 0 Å². The number of carbonyl (C=O) groups is 2. The number of ether oxygens (including phenoxy) is 1. The molecule has 0 unspecified atom stereocenters. The van der Waals surface area contributed by atoms with Gasteiger partial charge >= 0.3 is 0 Å². The Hall–Kier alpha value is -2.21. The number of anilines is 1. The zero-order valence-corrected chi connectivity index (χ0v) is 12.0. The first-order valence-corrected chi connectivity index (χ1v) is 6.82. The molecule has 1 aromatic heterocycles. The van der Waals surface area contributed by atoms with Gasteiger partial charge in [-0.3, -0.25) is 9.59 Å². The topological polar surface area (TPSA) is 59.5 Å². The van der Waals surface area contributed by atoms with Gasteiger partial charge in [-0.05, 0) is 24.3 Å². The maximum atomic E-state index is 11.8. The highest BCUT2D eigenvalue weighted by Gasteiger charge is 2.11. The Kier molecular flexibility index (Phi) is 4.47. The largest absolute Gasteiger partial charge is 0.485 e. The van der Waals surface area contributed by atoms with Gasteiger partial charge in [-0.1, -0.05) is 0 Å². The molecule has 0 fully saturated rings. The monoisotopic (exact) mass is 290 g/mol. The lowest BCUT2D eigenvalue weighted by atomic mass is 10.3. The highest BCUT2D eigenvalue weighted by molar-refractivity contribution is 7.11. The SMILES string of the molecule is CN(C)c1ccc(OCC(=O)c2nc(C=O)cs2)cc1. The third-order valence-corrected chi connectivity index (χ3v) is 3.51. The van der Waals surface area contributed by atoms with Crippen LogP contribution in [0.25, 0.3) is 0 Å². The van der Waals surface area contributed by atoms with Crippen LogP contribution in [0.2, 0.25) is 0 Å². The molecule has 2 rings (SSSR count). The highest BCUT2D eigenvalue weighted by Crippen LogP contribution is 2.18. The molecule has 0 radical (unpaired) electrons. The van der Waals surface area contributed by atoms with Gasteiger partial charge in [0.15, 0.2) is 17.9 Å². The summed E-state index contributed by atoms with van der Waals surface area (Å²) < 4.78 is 5.41. The molecule has 0 N–H and O–H groups in total. The van der Waals surface area contributed by atoms with Crippen molar-refractivity contribution in [3.63, 3.8) is 0 Å². The maximum absolute atomic E-state index is 11.8. The third-order valence-electron chi connectivity index (χ3n) is 2.60. The number of ketones is 1. The fourth-order valence-corrected chi connectivity index (χ4v) is 2.21. The molecule has 1 heterocycles. The Morgan fingerprint density at radius 1 is 1.35 bits per heavy atom. The summed E-state index contributed by atoms with van der Waals surface area (Å²) in [5, 5.41) is 1.84. The number of rotatable bonds is 6. The lowest BCUT2D eigenvalue weighted by Gasteiger charge is -2.12. The Labute approximate surface area is 120 Å². The normalized spacial score (nSPS) is 10.1. The summed E-state index contributed by atoms with van der Waals surface area (Å²) in [5.74, 6) is 0.385. The van der Waals surface area contributed by atoms with E-state index in [1.54, 1.807) is 17.5 Å². The van der Waals surface area contributed by atoms with Gasteiger partial charge in [0.25, 0.3) is 0 Å². The predicted octanol–water partition coefficient (Wildman–Crippen LogP) is 2.28. The summed E-state index contributed by atoms with van der Waals surface area (Å²) >= 11 is 1.15. The van der Waals surface area contributed by atoms with Crippen LogP contribution in [0.3, 0.4) is 0 Å². The minimum Gasteiger partial charge on any atom is -0.485 e. The highest BCUT2D eigenvalue weighted by atomic mass is 32.1. The zero-order valence-electron chi connectivity index (χ0n) is 11.2. The van der Waals surface area contributed by atoms with E-state index in [2.05, 4.69) is 4.98 Å². The van der Waals surface area contributed by atoms with E-state index >= 15 is 0 Å². The first kappa shape index (κ1) is 14.2. The average molecular weight is 290 g/mol. The van der Waals surface area contributed by atoms with Crippen molar-refractivity contribution in [1.82, 2.24) is 4.98 Å². The van der Waals surface area contributed by atoms with E-state index < -0.39 is 0 Å². The van der Waals surface area contributed by atoms with Crippen LogP contribution < -0.4 is 9.64 Å². The van der Waals surface area contributed by atoms with Crippen LogP contribution in [0, 0.1) is 0 Å². The third kappa shape index (κ3) is 3.42. The quantitative estimate of drug-likeness (QED) is 0.603. The summed E-state index contributed by atoms with van der Waals surface area (Å²) in [4.78, 5) is 28.2. The summed E-state index contributed by atoms with van der Waals surface area (Å²) in [7, 11) is 3.90. The summed E-state index contributed by atoms with van der Waals surface area (Å²) in [6.45, 7) is -0.0902. The second kappa shape index (κ2) is 6.29. The molecule has 0 saturated heterocycles. The molecule has 0 aliphatic carbocycles. The lowest BCUT2D eigenvalue weighted by Crippen LogP contribution is -2.12. The predicted molar refractivity (Wildman–Crippen MR) is 78.1 cm³/mol. The first-order chi connectivity index (χ1) is 9.60. The van der Waals surface area contributed by atoms with Crippen LogP contribution in [-0.4, -0.2) is 37.8 Å². The molecule has 0 aliphatic heterocycles. The average Bonchev–Trinajstić information content (AvgIpc) is 2.94. The smallest absolute Gasteiger partial charge is 0.228 e. The second-order valence-corrected chi connectivity index (χ2v) is 5.15. The molecule has 6 heteroatoms. The number of Topliss-reactive ketones (excluding diaryl/α,β-unsaturated/α-hetero) is 1. The molecule has 0 aliphatic rings. The zero-order chi connectivity index (χ0) is 14.5. The van der Waals surface area contributed by atoms with E-state index in [1.165, 1.54) is 0 Å². The Bertz CT molecular complexity index is 605. The summed E-state index contributed by atoms with van der Waals surface area (Å²) in [5.41, 5.74) is 1.33. The van der Waals surface area contributed by atoms with E-state index in [0.717, 1.165) is 17.0 Å². The van der Waals surface area contributed by atoms with Crippen LogP contribution in [0.5, 0.6) is 5.75 Å².